The zero-order valence-electron chi connectivity index (χ0n) is 12.3. The molecular weight excluding hydrogens is 395 g/mol. The quantitative estimate of drug-likeness (QED) is 0.572. The lowest BCUT2D eigenvalue weighted by atomic mass is 9.90. The summed E-state index contributed by atoms with van der Waals surface area (Å²) >= 11 is 18.0. The van der Waals surface area contributed by atoms with E-state index in [1.54, 1.807) is 0 Å². The van der Waals surface area contributed by atoms with E-state index in [9.17, 15) is 19.8 Å². The molecule has 25 heavy (non-hydrogen) atoms. The van der Waals surface area contributed by atoms with E-state index in [0.29, 0.717) is 0 Å². The van der Waals surface area contributed by atoms with Crippen LogP contribution in [0.2, 0.25) is 0 Å². The normalized spacial score (nSPS) is 11.5. The van der Waals surface area contributed by atoms with Gasteiger partial charge < -0.3 is 20.4 Å². The van der Waals surface area contributed by atoms with E-state index in [2.05, 4.69) is 0 Å². The van der Waals surface area contributed by atoms with Crippen LogP contribution in [0.3, 0.4) is 0 Å². The third-order valence-corrected chi connectivity index (χ3v) is 4.15. The minimum Gasteiger partial charge on any atom is -0.507 e. The van der Waals surface area contributed by atoms with Crippen molar-refractivity contribution in [1.29, 1.82) is 0 Å². The summed E-state index contributed by atoms with van der Waals surface area (Å²) in [5.41, 5.74) is -0.110. The van der Waals surface area contributed by atoms with E-state index >= 15 is 0 Å². The zero-order valence-corrected chi connectivity index (χ0v) is 14.5. The smallest absolute Gasteiger partial charge is 0.339 e. The summed E-state index contributed by atoms with van der Waals surface area (Å²) in [5, 5.41) is 37.6. The molecule has 0 aliphatic carbocycles. The molecule has 0 heterocycles. The lowest BCUT2D eigenvalue weighted by Gasteiger charge is -2.26. The van der Waals surface area contributed by atoms with Crippen LogP contribution in [0.5, 0.6) is 11.5 Å². The maximum absolute atomic E-state index is 11.0. The monoisotopic (exact) mass is 404 g/mol. The van der Waals surface area contributed by atoms with Crippen molar-refractivity contribution in [2.45, 2.75) is 9.71 Å². The summed E-state index contributed by atoms with van der Waals surface area (Å²) in [6.45, 7) is 0. The van der Waals surface area contributed by atoms with Gasteiger partial charge in [0.2, 0.25) is 3.79 Å². The molecule has 0 atom stereocenters. The Hall–Kier alpha value is -2.15. The van der Waals surface area contributed by atoms with Gasteiger partial charge in [0.1, 0.15) is 22.6 Å². The Bertz CT molecular complexity index is 781. The van der Waals surface area contributed by atoms with Crippen molar-refractivity contribution in [1.82, 2.24) is 0 Å². The molecule has 0 saturated carbocycles. The molecule has 0 aliphatic heterocycles. The number of aromatic hydroxyl groups is 2. The molecular formula is C16H11Cl3O6. The molecule has 0 aliphatic rings. The number of hydrogen-bond acceptors (Lipinski definition) is 4. The summed E-state index contributed by atoms with van der Waals surface area (Å²) in [5.74, 6) is -4.68. The molecule has 0 spiro atoms. The van der Waals surface area contributed by atoms with Gasteiger partial charge in [-0.1, -0.05) is 46.9 Å². The molecule has 4 N–H and O–H groups in total. The topological polar surface area (TPSA) is 115 Å². The first-order valence-electron chi connectivity index (χ1n) is 6.71. The average molecular weight is 406 g/mol. The summed E-state index contributed by atoms with van der Waals surface area (Å²) < 4.78 is -1.92. The molecule has 0 aromatic heterocycles. The third kappa shape index (κ3) is 4.10. The second-order valence-corrected chi connectivity index (χ2v) is 7.51. The first-order chi connectivity index (χ1) is 11.5. The van der Waals surface area contributed by atoms with Crippen molar-refractivity contribution in [3.63, 3.8) is 0 Å². The maximum atomic E-state index is 11.0. The van der Waals surface area contributed by atoms with Gasteiger partial charge in [-0.05, 0) is 35.4 Å². The molecule has 2 aromatic carbocycles. The van der Waals surface area contributed by atoms with Crippen molar-refractivity contribution >= 4 is 46.7 Å². The molecule has 0 unspecified atom stereocenters. The van der Waals surface area contributed by atoms with E-state index in [1.807, 2.05) is 0 Å². The lowest BCUT2D eigenvalue weighted by Crippen LogP contribution is -2.19. The molecule has 2 rings (SSSR count). The van der Waals surface area contributed by atoms with Gasteiger partial charge in [0, 0.05) is 0 Å². The van der Waals surface area contributed by atoms with E-state index in [0.717, 1.165) is 24.3 Å². The fraction of sp³-hybridized carbons (Fsp3) is 0.125. The van der Waals surface area contributed by atoms with Crippen LogP contribution in [-0.4, -0.2) is 36.2 Å². The Morgan fingerprint density at radius 2 is 1.16 bits per heavy atom. The predicted molar refractivity (Wildman–Crippen MR) is 92.3 cm³/mol. The number of carboxylic acids is 2. The van der Waals surface area contributed by atoms with E-state index in [1.165, 1.54) is 12.1 Å². The molecule has 0 bridgehead atoms. The SMILES string of the molecule is O=C(O)c1ccc(C(c2ccc(C(=O)O)c(O)c2)C(Cl)(Cl)Cl)cc1O. The molecule has 132 valence electrons. The van der Waals surface area contributed by atoms with Crippen LogP contribution in [-0.2, 0) is 0 Å². The van der Waals surface area contributed by atoms with Crippen LogP contribution >= 0.6 is 34.8 Å². The number of hydrogen-bond donors (Lipinski definition) is 4. The highest BCUT2D eigenvalue weighted by atomic mass is 35.6. The number of phenols is 2. The van der Waals surface area contributed by atoms with Gasteiger partial charge >= 0.3 is 11.9 Å². The number of benzene rings is 2. The largest absolute Gasteiger partial charge is 0.507 e. The summed E-state index contributed by atoms with van der Waals surface area (Å²) in [7, 11) is 0. The Balaban J connectivity index is 2.59. The van der Waals surface area contributed by atoms with Gasteiger partial charge in [-0.15, -0.1) is 0 Å². The van der Waals surface area contributed by atoms with Crippen molar-refractivity contribution < 1.29 is 30.0 Å². The summed E-state index contributed by atoms with van der Waals surface area (Å²) in [6, 6.07) is 7.30. The Labute approximate surface area is 156 Å². The number of halogens is 3. The number of carboxylic acid groups (broad SMARTS) is 2. The number of alkyl halides is 3. The standard InChI is InChI=1S/C16H11Cl3O6/c17-16(18,19)13(7-1-3-9(14(22)23)11(20)5-7)8-2-4-10(15(24)25)12(21)6-8/h1-6,13,20-21H,(H,22,23)(H,24,25). The van der Waals surface area contributed by atoms with Gasteiger partial charge in [-0.2, -0.15) is 0 Å². The van der Waals surface area contributed by atoms with Crippen molar-refractivity contribution in [2.75, 3.05) is 0 Å². The number of aromatic carboxylic acids is 2. The van der Waals surface area contributed by atoms with Crippen molar-refractivity contribution in [3.8, 4) is 11.5 Å². The molecule has 0 radical (unpaired) electrons. The van der Waals surface area contributed by atoms with Gasteiger partial charge in [0.15, 0.2) is 0 Å². The molecule has 9 heteroatoms. The first-order valence-corrected chi connectivity index (χ1v) is 7.85. The Kier molecular flexibility index (Phi) is 5.37. The lowest BCUT2D eigenvalue weighted by molar-refractivity contribution is 0.0682. The van der Waals surface area contributed by atoms with Crippen molar-refractivity contribution in [2.24, 2.45) is 0 Å². The maximum Gasteiger partial charge on any atom is 0.339 e. The Morgan fingerprint density at radius 3 is 1.40 bits per heavy atom. The fourth-order valence-electron chi connectivity index (χ4n) is 2.39. The summed E-state index contributed by atoms with van der Waals surface area (Å²) in [4.78, 5) is 22.0. The Morgan fingerprint density at radius 1 is 0.800 bits per heavy atom. The van der Waals surface area contributed by atoms with E-state index in [4.69, 9.17) is 45.0 Å². The van der Waals surface area contributed by atoms with Gasteiger partial charge in [0.25, 0.3) is 0 Å². The van der Waals surface area contributed by atoms with Crippen LogP contribution in [0.1, 0.15) is 37.8 Å². The number of rotatable bonds is 4. The van der Waals surface area contributed by atoms with E-state index in [-0.39, 0.29) is 22.3 Å². The zero-order chi connectivity index (χ0) is 18.9. The van der Waals surface area contributed by atoms with Gasteiger partial charge in [-0.3, -0.25) is 0 Å². The second kappa shape index (κ2) is 7.00. The minimum atomic E-state index is -1.92. The van der Waals surface area contributed by atoms with E-state index < -0.39 is 33.1 Å². The van der Waals surface area contributed by atoms with Crippen LogP contribution < -0.4 is 0 Å². The average Bonchev–Trinajstić information content (AvgIpc) is 2.45. The van der Waals surface area contributed by atoms with Crippen LogP contribution in [0, 0.1) is 0 Å². The summed E-state index contributed by atoms with van der Waals surface area (Å²) in [6.07, 6.45) is 0. The molecule has 0 amide bonds. The van der Waals surface area contributed by atoms with Gasteiger partial charge in [0.05, 0.1) is 5.92 Å². The fourth-order valence-corrected chi connectivity index (χ4v) is 3.14. The highest BCUT2D eigenvalue weighted by Gasteiger charge is 2.36. The van der Waals surface area contributed by atoms with Crippen LogP contribution in [0.4, 0.5) is 0 Å². The highest BCUT2D eigenvalue weighted by molar-refractivity contribution is 6.68. The van der Waals surface area contributed by atoms with Crippen LogP contribution in [0.25, 0.3) is 0 Å². The molecule has 0 fully saturated rings. The van der Waals surface area contributed by atoms with Crippen molar-refractivity contribution in [3.05, 3.63) is 58.7 Å². The molecule has 0 saturated heterocycles. The van der Waals surface area contributed by atoms with Gasteiger partial charge in [-0.25, -0.2) is 9.59 Å². The minimum absolute atomic E-state index is 0.268. The first kappa shape index (κ1) is 19.2. The van der Waals surface area contributed by atoms with Crippen LogP contribution in [0.15, 0.2) is 36.4 Å². The highest BCUT2D eigenvalue weighted by Crippen LogP contribution is 2.47. The second-order valence-electron chi connectivity index (χ2n) is 5.14. The number of carbonyl (C=O) groups is 2. The third-order valence-electron chi connectivity index (χ3n) is 3.50. The molecule has 2 aromatic rings. The molecule has 6 nitrogen and oxygen atoms in total. The predicted octanol–water partition coefficient (Wildman–Crippen LogP) is 4.00.